The quantitative estimate of drug-likeness (QED) is 0.572. The van der Waals surface area contributed by atoms with E-state index in [-0.39, 0.29) is 6.10 Å². The maximum Gasteiger partial charge on any atom is 0.0540 e. The van der Waals surface area contributed by atoms with Gasteiger partial charge in [0.2, 0.25) is 0 Å². The summed E-state index contributed by atoms with van der Waals surface area (Å²) in [6.45, 7) is 6.69. The van der Waals surface area contributed by atoms with Crippen molar-refractivity contribution >= 4 is 0 Å². The van der Waals surface area contributed by atoms with Gasteiger partial charge in [0.15, 0.2) is 0 Å². The van der Waals surface area contributed by atoms with E-state index in [9.17, 15) is 5.11 Å². The van der Waals surface area contributed by atoms with Gasteiger partial charge in [-0.2, -0.15) is 0 Å². The smallest absolute Gasteiger partial charge is 0.0540 e. The minimum atomic E-state index is -0.0351. The Balaban J connectivity index is 3.12. The summed E-state index contributed by atoms with van der Waals surface area (Å²) in [5.74, 6) is 0.813. The lowest BCUT2D eigenvalue weighted by molar-refractivity contribution is 0.147. The van der Waals surface area contributed by atoms with Gasteiger partial charge in [0, 0.05) is 0 Å². The van der Waals surface area contributed by atoms with Gasteiger partial charge in [-0.1, -0.05) is 52.9 Å². The highest BCUT2D eigenvalue weighted by molar-refractivity contribution is 4.56. The Kier molecular flexibility index (Phi) is 8.53. The van der Waals surface area contributed by atoms with E-state index in [1.807, 2.05) is 0 Å². The van der Waals surface area contributed by atoms with Gasteiger partial charge in [0.25, 0.3) is 0 Å². The highest BCUT2D eigenvalue weighted by Crippen LogP contribution is 2.12. The first-order valence-electron chi connectivity index (χ1n) is 5.84. The topological polar surface area (TPSA) is 20.2 Å². The Bertz CT molecular complexity index is 99.3. The van der Waals surface area contributed by atoms with Gasteiger partial charge in [0.05, 0.1) is 6.10 Å². The van der Waals surface area contributed by atoms with E-state index in [1.165, 1.54) is 32.1 Å². The van der Waals surface area contributed by atoms with Crippen LogP contribution >= 0.6 is 0 Å². The van der Waals surface area contributed by atoms with Crippen molar-refractivity contribution in [3.8, 4) is 0 Å². The predicted octanol–water partition coefficient (Wildman–Crippen LogP) is 3.75. The number of hydrogen-bond donors (Lipinski definition) is 1. The molecule has 0 amide bonds. The molecule has 0 aliphatic carbocycles. The first-order valence-corrected chi connectivity index (χ1v) is 5.84. The molecule has 80 valence electrons. The zero-order valence-electron chi connectivity index (χ0n) is 9.55. The molecule has 1 nitrogen and oxygen atoms in total. The zero-order chi connectivity index (χ0) is 10.1. The van der Waals surface area contributed by atoms with Crippen molar-refractivity contribution in [3.05, 3.63) is 0 Å². The molecule has 0 aliphatic rings. The largest absolute Gasteiger partial charge is 0.393 e. The molecule has 0 aliphatic heterocycles. The van der Waals surface area contributed by atoms with Crippen molar-refractivity contribution in [2.45, 2.75) is 71.8 Å². The van der Waals surface area contributed by atoms with E-state index in [2.05, 4.69) is 20.8 Å². The maximum absolute atomic E-state index is 9.55. The normalized spacial score (nSPS) is 13.6. The molecule has 0 rings (SSSR count). The van der Waals surface area contributed by atoms with Gasteiger partial charge >= 0.3 is 0 Å². The minimum Gasteiger partial charge on any atom is -0.393 e. The second-order valence-corrected chi connectivity index (χ2v) is 4.47. The average Bonchev–Trinajstić information content (AvgIpc) is 2.08. The van der Waals surface area contributed by atoms with E-state index in [0.29, 0.717) is 0 Å². The van der Waals surface area contributed by atoms with Crippen molar-refractivity contribution in [2.24, 2.45) is 5.92 Å². The van der Waals surface area contributed by atoms with Crippen LogP contribution in [0.2, 0.25) is 0 Å². The molecular formula is C12H26O. The number of aliphatic hydroxyl groups excluding tert-OH is 1. The van der Waals surface area contributed by atoms with E-state index in [0.717, 1.165) is 18.8 Å². The van der Waals surface area contributed by atoms with Gasteiger partial charge in [-0.15, -0.1) is 0 Å². The van der Waals surface area contributed by atoms with Gasteiger partial charge < -0.3 is 5.11 Å². The monoisotopic (exact) mass is 186 g/mol. The van der Waals surface area contributed by atoms with Crippen LogP contribution in [0.25, 0.3) is 0 Å². The maximum atomic E-state index is 9.55. The van der Waals surface area contributed by atoms with Crippen molar-refractivity contribution < 1.29 is 5.11 Å². The van der Waals surface area contributed by atoms with Crippen molar-refractivity contribution in [1.29, 1.82) is 0 Å². The van der Waals surface area contributed by atoms with Crippen LogP contribution in [0.3, 0.4) is 0 Å². The molecule has 1 atom stereocenters. The minimum absolute atomic E-state index is 0.0351. The van der Waals surface area contributed by atoms with Gasteiger partial charge in [-0.3, -0.25) is 0 Å². The molecule has 13 heavy (non-hydrogen) atoms. The Hall–Kier alpha value is -0.0400. The number of rotatable bonds is 8. The van der Waals surface area contributed by atoms with E-state index >= 15 is 0 Å². The van der Waals surface area contributed by atoms with Crippen LogP contribution in [0.15, 0.2) is 0 Å². The summed E-state index contributed by atoms with van der Waals surface area (Å²) in [5, 5.41) is 9.55. The first kappa shape index (κ1) is 13.0. The molecule has 0 unspecified atom stereocenters. The van der Waals surface area contributed by atoms with Crippen LogP contribution < -0.4 is 0 Å². The van der Waals surface area contributed by atoms with Gasteiger partial charge in [0.1, 0.15) is 0 Å². The van der Waals surface area contributed by atoms with Crippen LogP contribution in [0, 0.1) is 5.92 Å². The summed E-state index contributed by atoms with van der Waals surface area (Å²) in [5.41, 5.74) is 0. The number of unbranched alkanes of at least 4 members (excludes halogenated alkanes) is 2. The third-order valence-corrected chi connectivity index (χ3v) is 2.46. The second kappa shape index (κ2) is 8.55. The summed E-state index contributed by atoms with van der Waals surface area (Å²) in [7, 11) is 0. The molecular weight excluding hydrogens is 160 g/mol. The third kappa shape index (κ3) is 9.88. The molecule has 0 heterocycles. The summed E-state index contributed by atoms with van der Waals surface area (Å²) < 4.78 is 0. The molecule has 1 heteroatoms. The van der Waals surface area contributed by atoms with Gasteiger partial charge in [-0.25, -0.2) is 0 Å². The van der Waals surface area contributed by atoms with Crippen molar-refractivity contribution in [1.82, 2.24) is 0 Å². The molecule has 0 saturated heterocycles. The molecule has 0 saturated carbocycles. The molecule has 0 radical (unpaired) electrons. The molecule has 0 bridgehead atoms. The van der Waals surface area contributed by atoms with E-state index in [4.69, 9.17) is 0 Å². The summed E-state index contributed by atoms with van der Waals surface area (Å²) in [6, 6.07) is 0. The second-order valence-electron chi connectivity index (χ2n) is 4.47. The highest BCUT2D eigenvalue weighted by Gasteiger charge is 2.02. The van der Waals surface area contributed by atoms with E-state index in [1.54, 1.807) is 0 Å². The van der Waals surface area contributed by atoms with Crippen LogP contribution in [-0.2, 0) is 0 Å². The number of hydrogen-bond acceptors (Lipinski definition) is 1. The fraction of sp³-hybridized carbons (Fsp3) is 1.00. The molecule has 0 spiro atoms. The molecule has 0 fully saturated rings. The number of aliphatic hydroxyl groups is 1. The summed E-state index contributed by atoms with van der Waals surface area (Å²) in [4.78, 5) is 0. The lowest BCUT2D eigenvalue weighted by atomic mass is 10.0. The van der Waals surface area contributed by atoms with E-state index < -0.39 is 0 Å². The highest BCUT2D eigenvalue weighted by atomic mass is 16.3. The van der Waals surface area contributed by atoms with Crippen LogP contribution in [-0.4, -0.2) is 11.2 Å². The molecule has 0 aromatic heterocycles. The predicted molar refractivity (Wildman–Crippen MR) is 58.8 cm³/mol. The van der Waals surface area contributed by atoms with Crippen LogP contribution in [0.1, 0.15) is 65.7 Å². The molecule has 1 N–H and O–H groups in total. The molecule has 0 aromatic carbocycles. The fourth-order valence-corrected chi connectivity index (χ4v) is 1.52. The standard InChI is InChI=1S/C12H26O/c1-4-5-9-12(13)10-7-6-8-11(2)3/h11-13H,4-10H2,1-3H3/t12-/m0/s1. The Labute approximate surface area is 83.5 Å². The zero-order valence-corrected chi connectivity index (χ0v) is 9.55. The lowest BCUT2D eigenvalue weighted by Gasteiger charge is -2.10. The van der Waals surface area contributed by atoms with Crippen LogP contribution in [0.4, 0.5) is 0 Å². The summed E-state index contributed by atoms with van der Waals surface area (Å²) in [6.07, 6.45) is 8.12. The van der Waals surface area contributed by atoms with Crippen molar-refractivity contribution in [3.63, 3.8) is 0 Å². The Morgan fingerprint density at radius 1 is 0.923 bits per heavy atom. The third-order valence-electron chi connectivity index (χ3n) is 2.46. The average molecular weight is 186 g/mol. The van der Waals surface area contributed by atoms with Crippen LogP contribution in [0.5, 0.6) is 0 Å². The Morgan fingerprint density at radius 3 is 2.00 bits per heavy atom. The van der Waals surface area contributed by atoms with Gasteiger partial charge in [-0.05, 0) is 18.8 Å². The lowest BCUT2D eigenvalue weighted by Crippen LogP contribution is -2.05. The molecule has 0 aromatic rings. The summed E-state index contributed by atoms with van der Waals surface area (Å²) >= 11 is 0. The van der Waals surface area contributed by atoms with Crippen molar-refractivity contribution in [2.75, 3.05) is 0 Å². The fourth-order valence-electron chi connectivity index (χ4n) is 1.52. The Morgan fingerprint density at radius 2 is 1.46 bits per heavy atom. The first-order chi connectivity index (χ1) is 6.16. The SMILES string of the molecule is CCCC[C@H](O)CCCCC(C)C.